The van der Waals surface area contributed by atoms with E-state index in [4.69, 9.17) is 33.4 Å². The van der Waals surface area contributed by atoms with Gasteiger partial charge in [-0.1, -0.05) is 41.4 Å². The van der Waals surface area contributed by atoms with E-state index in [-0.39, 0.29) is 5.56 Å². The van der Waals surface area contributed by atoms with Crippen molar-refractivity contribution in [2.24, 2.45) is 0 Å². The summed E-state index contributed by atoms with van der Waals surface area (Å²) < 4.78 is 1.78. The number of para-hydroxylation sites is 2. The number of carboxylic acids is 1. The Morgan fingerprint density at radius 3 is 2.25 bits per heavy atom. The van der Waals surface area contributed by atoms with Gasteiger partial charge < -0.3 is 10.0 Å². The topological polar surface area (TPSA) is 58.4 Å². The molecule has 0 fully saturated rings. The lowest BCUT2D eigenvalue weighted by Gasteiger charge is -2.19. The Balaban J connectivity index is 1.88. The molecule has 0 radical (unpaired) electrons. The molecule has 0 saturated heterocycles. The summed E-state index contributed by atoms with van der Waals surface area (Å²) in [6.07, 6.45) is 0. The Morgan fingerprint density at radius 2 is 1.61 bits per heavy atom. The number of benzene rings is 3. The first-order chi connectivity index (χ1) is 13.5. The molecule has 4 rings (SSSR count). The van der Waals surface area contributed by atoms with Crippen LogP contribution in [0.2, 0.25) is 10.0 Å². The van der Waals surface area contributed by atoms with Crippen LogP contribution in [-0.4, -0.2) is 27.9 Å². The molecule has 5 nitrogen and oxygen atoms in total. The summed E-state index contributed by atoms with van der Waals surface area (Å²) in [6, 6.07) is 19.7. The van der Waals surface area contributed by atoms with Gasteiger partial charge in [0, 0.05) is 12.4 Å². The quantitative estimate of drug-likeness (QED) is 0.460. The molecule has 0 spiro atoms. The largest absolute Gasteiger partial charge is 0.478 e. The van der Waals surface area contributed by atoms with Gasteiger partial charge >= 0.3 is 5.97 Å². The predicted octanol–water partition coefficient (Wildman–Crippen LogP) is 5.80. The van der Waals surface area contributed by atoms with Gasteiger partial charge in [-0.2, -0.15) is 0 Å². The van der Waals surface area contributed by atoms with E-state index in [2.05, 4.69) is 0 Å². The molecule has 7 heteroatoms. The molecule has 0 amide bonds. The standard InChI is InChI=1S/C21H15Cl2N3O2/c1-25(19-16(22)6-4-7-17(19)23)20-15-5-2-3-8-18(15)26(24-20)14-11-9-13(10-12-14)21(27)28/h2-12H,1H3,(H,27,28). The molecule has 3 aromatic carbocycles. The van der Waals surface area contributed by atoms with E-state index in [1.807, 2.05) is 36.2 Å². The first kappa shape index (κ1) is 18.3. The second-order valence-corrected chi connectivity index (χ2v) is 7.05. The molecule has 0 aliphatic rings. The first-order valence-corrected chi connectivity index (χ1v) is 9.22. The molecule has 140 valence electrons. The van der Waals surface area contributed by atoms with Crippen LogP contribution in [-0.2, 0) is 0 Å². The first-order valence-electron chi connectivity index (χ1n) is 8.46. The third-order valence-electron chi connectivity index (χ3n) is 4.52. The summed E-state index contributed by atoms with van der Waals surface area (Å²) >= 11 is 12.8. The Hall–Kier alpha value is -3.02. The van der Waals surface area contributed by atoms with Gasteiger partial charge in [0.15, 0.2) is 5.82 Å². The normalized spacial score (nSPS) is 11.0. The van der Waals surface area contributed by atoms with Crippen molar-refractivity contribution in [3.63, 3.8) is 0 Å². The minimum Gasteiger partial charge on any atom is -0.478 e. The predicted molar refractivity (Wildman–Crippen MR) is 113 cm³/mol. The second-order valence-electron chi connectivity index (χ2n) is 6.23. The van der Waals surface area contributed by atoms with Crippen LogP contribution in [0, 0.1) is 0 Å². The maximum atomic E-state index is 11.1. The maximum absolute atomic E-state index is 11.1. The minimum atomic E-state index is -0.967. The molecule has 1 aromatic heterocycles. The molecule has 0 aliphatic heterocycles. The van der Waals surface area contributed by atoms with E-state index in [9.17, 15) is 4.79 Å². The summed E-state index contributed by atoms with van der Waals surface area (Å²) in [6.45, 7) is 0. The SMILES string of the molecule is CN(c1c(Cl)cccc1Cl)c1nn(-c2ccc(C(=O)O)cc2)c2ccccc12. The Labute approximate surface area is 171 Å². The average Bonchev–Trinajstić information content (AvgIpc) is 3.07. The number of carboxylic acid groups (broad SMARTS) is 1. The zero-order valence-electron chi connectivity index (χ0n) is 14.8. The molecule has 1 N–H and O–H groups in total. The van der Waals surface area contributed by atoms with Gasteiger partial charge in [-0.3, -0.25) is 0 Å². The number of rotatable bonds is 4. The fourth-order valence-corrected chi connectivity index (χ4v) is 3.81. The van der Waals surface area contributed by atoms with E-state index < -0.39 is 5.97 Å². The van der Waals surface area contributed by atoms with Crippen LogP contribution in [0.5, 0.6) is 0 Å². The molecule has 28 heavy (non-hydrogen) atoms. The lowest BCUT2D eigenvalue weighted by Crippen LogP contribution is -2.12. The highest BCUT2D eigenvalue weighted by atomic mass is 35.5. The van der Waals surface area contributed by atoms with Crippen LogP contribution in [0.1, 0.15) is 10.4 Å². The third-order valence-corrected chi connectivity index (χ3v) is 5.13. The van der Waals surface area contributed by atoms with Crippen molar-refractivity contribution in [2.45, 2.75) is 0 Å². The van der Waals surface area contributed by atoms with Crippen molar-refractivity contribution in [3.8, 4) is 5.69 Å². The highest BCUT2D eigenvalue weighted by Crippen LogP contribution is 2.39. The molecule has 4 aromatic rings. The number of nitrogens with zero attached hydrogens (tertiary/aromatic N) is 3. The van der Waals surface area contributed by atoms with Crippen molar-refractivity contribution in [1.29, 1.82) is 0 Å². The fourth-order valence-electron chi connectivity index (χ4n) is 3.16. The Bertz CT molecular complexity index is 1170. The number of fused-ring (bicyclic) bond motifs is 1. The summed E-state index contributed by atoms with van der Waals surface area (Å²) in [4.78, 5) is 13.0. The van der Waals surface area contributed by atoms with Gasteiger partial charge in [-0.15, -0.1) is 5.10 Å². The van der Waals surface area contributed by atoms with Gasteiger partial charge in [0.2, 0.25) is 0 Å². The van der Waals surface area contributed by atoms with Crippen molar-refractivity contribution in [3.05, 3.63) is 82.3 Å². The van der Waals surface area contributed by atoms with Crippen LogP contribution in [0.15, 0.2) is 66.7 Å². The lowest BCUT2D eigenvalue weighted by molar-refractivity contribution is 0.0697. The van der Waals surface area contributed by atoms with Crippen LogP contribution in [0.3, 0.4) is 0 Å². The minimum absolute atomic E-state index is 0.223. The van der Waals surface area contributed by atoms with E-state index in [0.717, 1.165) is 16.6 Å². The molecule has 0 unspecified atom stereocenters. The summed E-state index contributed by atoms with van der Waals surface area (Å²) in [5.41, 5.74) is 2.53. The number of hydrogen-bond acceptors (Lipinski definition) is 3. The fraction of sp³-hybridized carbons (Fsp3) is 0.0476. The number of halogens is 2. The van der Waals surface area contributed by atoms with Crippen molar-refractivity contribution < 1.29 is 9.90 Å². The van der Waals surface area contributed by atoms with Crippen molar-refractivity contribution in [1.82, 2.24) is 9.78 Å². The van der Waals surface area contributed by atoms with Gasteiger partial charge in [0.1, 0.15) is 0 Å². The zero-order valence-corrected chi connectivity index (χ0v) is 16.3. The number of carbonyl (C=O) groups is 1. The van der Waals surface area contributed by atoms with Crippen molar-refractivity contribution in [2.75, 3.05) is 11.9 Å². The molecular formula is C21H15Cl2N3O2. The smallest absolute Gasteiger partial charge is 0.335 e. The number of aromatic nitrogens is 2. The van der Waals surface area contributed by atoms with Crippen LogP contribution < -0.4 is 4.90 Å². The Morgan fingerprint density at radius 1 is 0.964 bits per heavy atom. The average molecular weight is 412 g/mol. The second kappa shape index (κ2) is 7.19. The van der Waals surface area contributed by atoms with Crippen molar-refractivity contribution >= 4 is 51.6 Å². The highest BCUT2D eigenvalue weighted by Gasteiger charge is 2.19. The molecular weight excluding hydrogens is 397 g/mol. The lowest BCUT2D eigenvalue weighted by atomic mass is 10.2. The number of hydrogen-bond donors (Lipinski definition) is 1. The number of anilines is 2. The molecule has 0 aliphatic carbocycles. The zero-order chi connectivity index (χ0) is 19.8. The highest BCUT2D eigenvalue weighted by molar-refractivity contribution is 6.39. The van der Waals surface area contributed by atoms with Crippen LogP contribution >= 0.6 is 23.2 Å². The number of aromatic carboxylic acids is 1. The van der Waals surface area contributed by atoms with E-state index >= 15 is 0 Å². The monoisotopic (exact) mass is 411 g/mol. The summed E-state index contributed by atoms with van der Waals surface area (Å²) in [5, 5.41) is 15.9. The van der Waals surface area contributed by atoms with E-state index in [0.29, 0.717) is 21.6 Å². The van der Waals surface area contributed by atoms with Gasteiger partial charge in [-0.25, -0.2) is 9.48 Å². The van der Waals surface area contributed by atoms with Gasteiger partial charge in [-0.05, 0) is 48.5 Å². The summed E-state index contributed by atoms with van der Waals surface area (Å²) in [5.74, 6) is -0.279. The molecule has 0 bridgehead atoms. The molecule has 0 saturated carbocycles. The molecule has 0 atom stereocenters. The van der Waals surface area contributed by atoms with Crippen LogP contribution in [0.4, 0.5) is 11.5 Å². The van der Waals surface area contributed by atoms with Gasteiger partial charge in [0.25, 0.3) is 0 Å². The summed E-state index contributed by atoms with van der Waals surface area (Å²) in [7, 11) is 1.86. The third kappa shape index (κ3) is 3.09. The molecule has 1 heterocycles. The van der Waals surface area contributed by atoms with E-state index in [1.165, 1.54) is 0 Å². The van der Waals surface area contributed by atoms with Gasteiger partial charge in [0.05, 0.1) is 32.5 Å². The van der Waals surface area contributed by atoms with E-state index in [1.54, 1.807) is 47.1 Å². The van der Waals surface area contributed by atoms with Crippen LogP contribution in [0.25, 0.3) is 16.6 Å². The maximum Gasteiger partial charge on any atom is 0.335 e. The Kier molecular flexibility index (Phi) is 4.71.